The molecule has 3 atom stereocenters. The molecular weight excluding hydrogens is 359 g/mol. The van der Waals surface area contributed by atoms with Gasteiger partial charge in [0, 0.05) is 44.2 Å². The highest BCUT2D eigenvalue weighted by molar-refractivity contribution is 5.83. The van der Waals surface area contributed by atoms with Crippen molar-refractivity contribution in [1.82, 2.24) is 20.4 Å². The van der Waals surface area contributed by atoms with Crippen LogP contribution in [0.25, 0.3) is 0 Å². The lowest BCUT2D eigenvalue weighted by Gasteiger charge is -2.34. The van der Waals surface area contributed by atoms with Gasteiger partial charge in [-0.25, -0.2) is 4.39 Å². The van der Waals surface area contributed by atoms with Crippen LogP contribution < -0.4 is 10.6 Å². The van der Waals surface area contributed by atoms with Crippen LogP contribution in [0, 0.1) is 5.82 Å². The van der Waals surface area contributed by atoms with Gasteiger partial charge in [-0.3, -0.25) is 19.4 Å². The fourth-order valence-corrected chi connectivity index (χ4v) is 4.36. The molecule has 0 spiro atoms. The van der Waals surface area contributed by atoms with Crippen molar-refractivity contribution in [3.05, 3.63) is 35.6 Å². The van der Waals surface area contributed by atoms with E-state index in [1.54, 1.807) is 12.1 Å². The molecule has 2 N–H and O–H groups in total. The van der Waals surface area contributed by atoms with E-state index < -0.39 is 0 Å². The number of nitrogens with zero attached hydrogens (tertiary/aromatic N) is 2. The first-order chi connectivity index (χ1) is 13.4. The summed E-state index contributed by atoms with van der Waals surface area (Å²) in [5, 5.41) is 5.97. The zero-order chi connectivity index (χ0) is 20.3. The largest absolute Gasteiger partial charge is 0.353 e. The van der Waals surface area contributed by atoms with Gasteiger partial charge in [0.2, 0.25) is 11.8 Å². The molecule has 0 saturated carbocycles. The molecule has 0 bridgehead atoms. The SMILES string of the molecule is CC(C)N1CCC2C1C(=O)NCC(CCC(=O)NCc1ccc(F)cc1)N2C. The van der Waals surface area contributed by atoms with Crippen LogP contribution in [0.15, 0.2) is 24.3 Å². The first-order valence-corrected chi connectivity index (χ1v) is 10.1. The second-order valence-corrected chi connectivity index (χ2v) is 8.14. The Morgan fingerprint density at radius 2 is 2.04 bits per heavy atom. The van der Waals surface area contributed by atoms with E-state index in [0.29, 0.717) is 32.0 Å². The highest BCUT2D eigenvalue weighted by atomic mass is 19.1. The van der Waals surface area contributed by atoms with Gasteiger partial charge in [0.25, 0.3) is 0 Å². The van der Waals surface area contributed by atoms with E-state index >= 15 is 0 Å². The van der Waals surface area contributed by atoms with Crippen molar-refractivity contribution in [3.8, 4) is 0 Å². The smallest absolute Gasteiger partial charge is 0.239 e. The van der Waals surface area contributed by atoms with Crippen molar-refractivity contribution in [2.45, 2.75) is 63.8 Å². The Hall–Kier alpha value is -1.99. The lowest BCUT2D eigenvalue weighted by molar-refractivity contribution is -0.126. The average Bonchev–Trinajstić information content (AvgIpc) is 3.08. The van der Waals surface area contributed by atoms with Crippen LogP contribution in [-0.4, -0.2) is 65.9 Å². The molecule has 2 aliphatic rings. The molecule has 154 valence electrons. The lowest BCUT2D eigenvalue weighted by Crippen LogP contribution is -2.51. The topological polar surface area (TPSA) is 64.7 Å². The summed E-state index contributed by atoms with van der Waals surface area (Å²) in [5.74, 6) is -0.207. The Balaban J connectivity index is 1.52. The molecule has 0 radical (unpaired) electrons. The first-order valence-electron chi connectivity index (χ1n) is 10.1. The fraction of sp³-hybridized carbons (Fsp3) is 0.619. The normalized spacial score (nSPS) is 26.0. The van der Waals surface area contributed by atoms with E-state index in [1.807, 2.05) is 0 Å². The predicted octanol–water partition coefficient (Wildman–Crippen LogP) is 1.50. The summed E-state index contributed by atoms with van der Waals surface area (Å²) in [7, 11) is 2.07. The number of benzene rings is 1. The minimum absolute atomic E-state index is 0.0277. The molecule has 2 saturated heterocycles. The first kappa shape index (κ1) is 20.7. The maximum absolute atomic E-state index is 12.9. The van der Waals surface area contributed by atoms with Crippen molar-refractivity contribution in [3.63, 3.8) is 0 Å². The number of carbonyl (C=O) groups is 2. The van der Waals surface area contributed by atoms with Gasteiger partial charge in [-0.1, -0.05) is 12.1 Å². The maximum atomic E-state index is 12.9. The Morgan fingerprint density at radius 1 is 1.32 bits per heavy atom. The molecule has 1 aromatic carbocycles. The molecule has 2 fully saturated rings. The van der Waals surface area contributed by atoms with Crippen LogP contribution in [0.4, 0.5) is 4.39 Å². The number of hydrogen-bond donors (Lipinski definition) is 2. The van der Waals surface area contributed by atoms with E-state index in [-0.39, 0.29) is 35.8 Å². The number of fused-ring (bicyclic) bond motifs is 1. The molecule has 6 nitrogen and oxygen atoms in total. The van der Waals surface area contributed by atoms with E-state index in [2.05, 4.69) is 41.3 Å². The van der Waals surface area contributed by atoms with E-state index in [0.717, 1.165) is 18.5 Å². The summed E-state index contributed by atoms with van der Waals surface area (Å²) in [6.45, 7) is 6.15. The predicted molar refractivity (Wildman–Crippen MR) is 106 cm³/mol. The van der Waals surface area contributed by atoms with Gasteiger partial charge < -0.3 is 10.6 Å². The third kappa shape index (κ3) is 4.70. The van der Waals surface area contributed by atoms with Crippen LogP contribution in [0.5, 0.6) is 0 Å². The molecule has 1 aromatic rings. The van der Waals surface area contributed by atoms with Gasteiger partial charge >= 0.3 is 0 Å². The van der Waals surface area contributed by atoms with Crippen LogP contribution >= 0.6 is 0 Å². The van der Waals surface area contributed by atoms with Crippen molar-refractivity contribution in [2.75, 3.05) is 20.1 Å². The summed E-state index contributed by atoms with van der Waals surface area (Å²) in [6, 6.07) is 6.69. The van der Waals surface area contributed by atoms with E-state index in [4.69, 9.17) is 0 Å². The number of halogens is 1. The Kier molecular flexibility index (Phi) is 6.67. The number of nitrogens with one attached hydrogen (secondary N) is 2. The molecule has 0 aliphatic carbocycles. The van der Waals surface area contributed by atoms with Crippen molar-refractivity contribution in [2.24, 2.45) is 0 Å². The molecular formula is C21H31FN4O2. The van der Waals surface area contributed by atoms with Crippen LogP contribution in [-0.2, 0) is 16.1 Å². The fourth-order valence-electron chi connectivity index (χ4n) is 4.36. The number of amides is 2. The third-order valence-electron chi connectivity index (χ3n) is 6.06. The summed E-state index contributed by atoms with van der Waals surface area (Å²) in [6.07, 6.45) is 2.06. The summed E-state index contributed by atoms with van der Waals surface area (Å²) >= 11 is 0. The minimum atomic E-state index is -0.283. The Labute approximate surface area is 166 Å². The molecule has 0 aromatic heterocycles. The summed E-state index contributed by atoms with van der Waals surface area (Å²) in [5.41, 5.74) is 0.871. The number of hydrogen-bond acceptors (Lipinski definition) is 4. The molecule has 2 amide bonds. The average molecular weight is 391 g/mol. The zero-order valence-corrected chi connectivity index (χ0v) is 17.0. The number of rotatable bonds is 6. The van der Waals surface area contributed by atoms with Gasteiger partial charge in [0.05, 0.1) is 0 Å². The number of carbonyl (C=O) groups excluding carboxylic acids is 2. The van der Waals surface area contributed by atoms with Gasteiger partial charge in [0.1, 0.15) is 11.9 Å². The van der Waals surface area contributed by atoms with Crippen LogP contribution in [0.1, 0.15) is 38.7 Å². The van der Waals surface area contributed by atoms with Gasteiger partial charge in [0.15, 0.2) is 0 Å². The summed E-state index contributed by atoms with van der Waals surface area (Å²) in [4.78, 5) is 29.5. The maximum Gasteiger partial charge on any atom is 0.239 e. The Morgan fingerprint density at radius 3 is 2.71 bits per heavy atom. The van der Waals surface area contributed by atoms with Crippen molar-refractivity contribution >= 4 is 11.8 Å². The number of likely N-dealkylation sites (tertiary alicyclic amines) is 1. The standard InChI is InChI=1S/C21H31FN4O2/c1-14(2)26-11-10-18-20(26)21(28)24-13-17(25(18)3)8-9-19(27)23-12-15-4-6-16(22)7-5-15/h4-7,14,17-18,20H,8-13H2,1-3H3,(H,23,27)(H,24,28). The van der Waals surface area contributed by atoms with Gasteiger partial charge in [-0.2, -0.15) is 0 Å². The molecule has 3 unspecified atom stereocenters. The molecule has 3 rings (SSSR count). The van der Waals surface area contributed by atoms with Gasteiger partial charge in [-0.15, -0.1) is 0 Å². The quantitative estimate of drug-likeness (QED) is 0.773. The number of likely N-dealkylation sites (N-methyl/N-ethyl adjacent to an activating group) is 1. The molecule has 2 aliphatic heterocycles. The highest BCUT2D eigenvalue weighted by Gasteiger charge is 2.45. The molecule has 2 heterocycles. The van der Waals surface area contributed by atoms with E-state index in [9.17, 15) is 14.0 Å². The monoisotopic (exact) mass is 390 g/mol. The van der Waals surface area contributed by atoms with Gasteiger partial charge in [-0.05, 0) is 51.4 Å². The summed E-state index contributed by atoms with van der Waals surface area (Å²) < 4.78 is 12.9. The molecule has 7 heteroatoms. The second kappa shape index (κ2) is 9.01. The minimum Gasteiger partial charge on any atom is -0.353 e. The second-order valence-electron chi connectivity index (χ2n) is 8.14. The third-order valence-corrected chi connectivity index (χ3v) is 6.06. The van der Waals surface area contributed by atoms with Crippen LogP contribution in [0.3, 0.4) is 0 Å². The van der Waals surface area contributed by atoms with E-state index in [1.165, 1.54) is 12.1 Å². The Bertz CT molecular complexity index is 694. The molecule has 28 heavy (non-hydrogen) atoms. The zero-order valence-electron chi connectivity index (χ0n) is 17.0. The highest BCUT2D eigenvalue weighted by Crippen LogP contribution is 2.28. The lowest BCUT2D eigenvalue weighted by atomic mass is 10.0. The van der Waals surface area contributed by atoms with Crippen molar-refractivity contribution in [1.29, 1.82) is 0 Å². The van der Waals surface area contributed by atoms with Crippen molar-refractivity contribution < 1.29 is 14.0 Å². The van der Waals surface area contributed by atoms with Crippen LogP contribution in [0.2, 0.25) is 0 Å².